The lowest BCUT2D eigenvalue weighted by Crippen LogP contribution is -2.29. The zero-order valence-electron chi connectivity index (χ0n) is 7.07. The smallest absolute Gasteiger partial charge is 0.423 e. The molecular formula is C8H7BBrNO2S. The van der Waals surface area contributed by atoms with Gasteiger partial charge in [-0.25, -0.2) is 0 Å². The molecule has 0 saturated carbocycles. The van der Waals surface area contributed by atoms with Gasteiger partial charge in [-0.05, 0) is 21.4 Å². The van der Waals surface area contributed by atoms with Crippen LogP contribution in [-0.4, -0.2) is 17.2 Å². The molecule has 0 fully saturated rings. The second kappa shape index (κ2) is 3.54. The standard InChI is InChI=1S/C8H7BBrNO2S/c10-8-6(11)4-2-1-3-5(9(12)13)7(4)14-8/h1-3,12-13H,11H2. The first-order valence-corrected chi connectivity index (χ1v) is 5.54. The molecule has 0 radical (unpaired) electrons. The van der Waals surface area contributed by atoms with Crippen LogP contribution >= 0.6 is 27.3 Å². The molecule has 6 heteroatoms. The van der Waals surface area contributed by atoms with E-state index in [1.807, 2.05) is 6.07 Å². The van der Waals surface area contributed by atoms with E-state index in [2.05, 4.69) is 15.9 Å². The van der Waals surface area contributed by atoms with Gasteiger partial charge in [-0.2, -0.15) is 0 Å². The molecule has 0 bridgehead atoms. The van der Waals surface area contributed by atoms with Crippen molar-refractivity contribution in [3.8, 4) is 0 Å². The fourth-order valence-corrected chi connectivity index (χ4v) is 3.01. The summed E-state index contributed by atoms with van der Waals surface area (Å²) < 4.78 is 1.63. The maximum atomic E-state index is 9.13. The van der Waals surface area contributed by atoms with Gasteiger partial charge in [-0.15, -0.1) is 11.3 Å². The number of rotatable bonds is 1. The summed E-state index contributed by atoms with van der Waals surface area (Å²) >= 11 is 4.73. The fraction of sp³-hybridized carbons (Fsp3) is 0. The van der Waals surface area contributed by atoms with E-state index < -0.39 is 7.12 Å². The summed E-state index contributed by atoms with van der Waals surface area (Å²) in [6, 6.07) is 5.29. The number of thiophene rings is 1. The third kappa shape index (κ3) is 1.44. The molecule has 1 aromatic heterocycles. The van der Waals surface area contributed by atoms with Gasteiger partial charge in [0.05, 0.1) is 9.47 Å². The highest BCUT2D eigenvalue weighted by Gasteiger charge is 2.18. The average molecular weight is 272 g/mol. The Morgan fingerprint density at radius 3 is 2.71 bits per heavy atom. The first-order chi connectivity index (χ1) is 6.61. The molecule has 0 aliphatic heterocycles. The molecule has 1 aromatic carbocycles. The first kappa shape index (κ1) is 9.98. The van der Waals surface area contributed by atoms with Crippen LogP contribution in [-0.2, 0) is 0 Å². The van der Waals surface area contributed by atoms with Gasteiger partial charge in [0.2, 0.25) is 0 Å². The van der Waals surface area contributed by atoms with Crippen LogP contribution in [0.4, 0.5) is 5.69 Å². The van der Waals surface area contributed by atoms with E-state index in [1.54, 1.807) is 12.1 Å². The van der Waals surface area contributed by atoms with E-state index in [-0.39, 0.29) is 0 Å². The summed E-state index contributed by atoms with van der Waals surface area (Å²) in [6.07, 6.45) is 0. The van der Waals surface area contributed by atoms with E-state index >= 15 is 0 Å². The maximum absolute atomic E-state index is 9.13. The third-order valence-electron chi connectivity index (χ3n) is 2.02. The Labute approximate surface area is 93.4 Å². The first-order valence-electron chi connectivity index (χ1n) is 3.93. The molecule has 0 atom stereocenters. The Bertz CT molecular complexity index is 485. The zero-order chi connectivity index (χ0) is 10.3. The number of hydrogen-bond donors (Lipinski definition) is 3. The van der Waals surface area contributed by atoms with Gasteiger partial charge in [0.25, 0.3) is 0 Å². The lowest BCUT2D eigenvalue weighted by atomic mass is 9.80. The molecule has 0 aliphatic rings. The topological polar surface area (TPSA) is 66.5 Å². The van der Waals surface area contributed by atoms with Gasteiger partial charge in [-0.1, -0.05) is 18.2 Å². The molecule has 3 nitrogen and oxygen atoms in total. The molecule has 2 aromatic rings. The van der Waals surface area contributed by atoms with Crippen LogP contribution in [0.25, 0.3) is 10.1 Å². The number of hydrogen-bond acceptors (Lipinski definition) is 4. The largest absolute Gasteiger partial charge is 0.489 e. The molecule has 2 rings (SSSR count). The van der Waals surface area contributed by atoms with Gasteiger partial charge in [0, 0.05) is 10.1 Å². The lowest BCUT2D eigenvalue weighted by molar-refractivity contribution is 0.426. The van der Waals surface area contributed by atoms with Crippen LogP contribution in [0.5, 0.6) is 0 Å². The van der Waals surface area contributed by atoms with Crippen LogP contribution in [0.3, 0.4) is 0 Å². The minimum absolute atomic E-state index is 0.491. The van der Waals surface area contributed by atoms with Crippen LogP contribution < -0.4 is 11.2 Å². The predicted octanol–water partition coefficient (Wildman–Crippen LogP) is 0.926. The highest BCUT2D eigenvalue weighted by atomic mass is 79.9. The summed E-state index contributed by atoms with van der Waals surface area (Å²) in [6.45, 7) is 0. The number of benzene rings is 1. The summed E-state index contributed by atoms with van der Waals surface area (Å²) in [5, 5.41) is 19.1. The summed E-state index contributed by atoms with van der Waals surface area (Å²) in [5.74, 6) is 0. The Kier molecular flexibility index (Phi) is 2.53. The minimum atomic E-state index is -1.45. The SMILES string of the molecule is Nc1c(Br)sc2c(B(O)O)cccc12. The molecule has 0 amide bonds. The van der Waals surface area contributed by atoms with E-state index in [1.165, 1.54) is 11.3 Å². The molecular weight excluding hydrogens is 265 g/mol. The highest BCUT2D eigenvalue weighted by Crippen LogP contribution is 2.36. The predicted molar refractivity (Wildman–Crippen MR) is 63.8 cm³/mol. The zero-order valence-corrected chi connectivity index (χ0v) is 9.47. The third-order valence-corrected chi connectivity index (χ3v) is 3.99. The van der Waals surface area contributed by atoms with E-state index in [0.717, 1.165) is 13.9 Å². The normalized spacial score (nSPS) is 10.8. The lowest BCUT2D eigenvalue weighted by Gasteiger charge is -2.00. The van der Waals surface area contributed by atoms with Gasteiger partial charge in [-0.3, -0.25) is 0 Å². The highest BCUT2D eigenvalue weighted by molar-refractivity contribution is 9.11. The van der Waals surface area contributed by atoms with E-state index in [0.29, 0.717) is 11.2 Å². The monoisotopic (exact) mass is 271 g/mol. The van der Waals surface area contributed by atoms with E-state index in [9.17, 15) is 0 Å². The van der Waals surface area contributed by atoms with Crippen LogP contribution in [0.2, 0.25) is 0 Å². The summed E-state index contributed by atoms with van der Waals surface area (Å²) in [7, 11) is -1.45. The Balaban J connectivity index is 2.81. The van der Waals surface area contributed by atoms with Crippen molar-refractivity contribution in [3.05, 3.63) is 22.0 Å². The Morgan fingerprint density at radius 1 is 1.36 bits per heavy atom. The quantitative estimate of drug-likeness (QED) is 0.676. The number of anilines is 1. The fourth-order valence-electron chi connectivity index (χ4n) is 1.33. The average Bonchev–Trinajstić information content (AvgIpc) is 2.43. The van der Waals surface area contributed by atoms with E-state index in [4.69, 9.17) is 15.8 Å². The second-order valence-electron chi connectivity index (χ2n) is 2.89. The van der Waals surface area contributed by atoms with Crippen LogP contribution in [0.15, 0.2) is 22.0 Å². The van der Waals surface area contributed by atoms with Crippen molar-refractivity contribution < 1.29 is 10.0 Å². The van der Waals surface area contributed by atoms with Crippen molar-refractivity contribution in [2.24, 2.45) is 0 Å². The van der Waals surface area contributed by atoms with Gasteiger partial charge < -0.3 is 15.8 Å². The van der Waals surface area contributed by atoms with Crippen molar-refractivity contribution in [3.63, 3.8) is 0 Å². The molecule has 72 valence electrons. The summed E-state index contributed by atoms with van der Waals surface area (Å²) in [4.78, 5) is 0. The molecule has 1 heterocycles. The van der Waals surface area contributed by atoms with Crippen LogP contribution in [0, 0.1) is 0 Å². The number of nitrogens with two attached hydrogens (primary N) is 1. The molecule has 0 aliphatic carbocycles. The Hall–Kier alpha value is -0.555. The van der Waals surface area contributed by atoms with Gasteiger partial charge in [0.15, 0.2) is 0 Å². The maximum Gasteiger partial charge on any atom is 0.489 e. The van der Waals surface area contributed by atoms with Crippen molar-refractivity contribution in [1.82, 2.24) is 0 Å². The molecule has 0 spiro atoms. The van der Waals surface area contributed by atoms with Crippen molar-refractivity contribution in [1.29, 1.82) is 0 Å². The number of halogens is 1. The second-order valence-corrected chi connectivity index (χ2v) is 5.23. The Morgan fingerprint density at radius 2 is 2.07 bits per heavy atom. The molecule has 14 heavy (non-hydrogen) atoms. The summed E-state index contributed by atoms with van der Waals surface area (Å²) in [5.41, 5.74) is 6.94. The van der Waals surface area contributed by atoms with Crippen molar-refractivity contribution in [2.75, 3.05) is 5.73 Å². The van der Waals surface area contributed by atoms with Gasteiger partial charge in [0.1, 0.15) is 0 Å². The molecule has 4 N–H and O–H groups in total. The van der Waals surface area contributed by atoms with Crippen molar-refractivity contribution >= 4 is 55.6 Å². The van der Waals surface area contributed by atoms with Crippen LogP contribution in [0.1, 0.15) is 0 Å². The van der Waals surface area contributed by atoms with Gasteiger partial charge >= 0.3 is 7.12 Å². The number of nitrogen functional groups attached to an aromatic ring is 1. The molecule has 0 unspecified atom stereocenters. The number of fused-ring (bicyclic) bond motifs is 1. The molecule has 0 saturated heterocycles. The minimum Gasteiger partial charge on any atom is -0.423 e. The van der Waals surface area contributed by atoms with Crippen molar-refractivity contribution in [2.45, 2.75) is 0 Å².